The van der Waals surface area contributed by atoms with Crippen molar-refractivity contribution in [1.29, 1.82) is 0 Å². The van der Waals surface area contributed by atoms with Crippen LogP contribution in [0, 0.1) is 5.92 Å². The van der Waals surface area contributed by atoms with E-state index < -0.39 is 0 Å². The lowest BCUT2D eigenvalue weighted by Crippen LogP contribution is -2.29. The van der Waals surface area contributed by atoms with Crippen LogP contribution in [0.1, 0.15) is 26.7 Å². The lowest BCUT2D eigenvalue weighted by molar-refractivity contribution is 0.0552. The molecule has 2 unspecified atom stereocenters. The Kier molecular flexibility index (Phi) is 3.16. The zero-order valence-electron chi connectivity index (χ0n) is 6.89. The average molecular weight is 143 g/mol. The van der Waals surface area contributed by atoms with Crippen LogP contribution in [0.15, 0.2) is 0 Å². The second kappa shape index (κ2) is 3.94. The summed E-state index contributed by atoms with van der Waals surface area (Å²) in [5.74, 6) is 0.674. The van der Waals surface area contributed by atoms with E-state index in [0.29, 0.717) is 12.1 Å². The van der Waals surface area contributed by atoms with E-state index in [1.54, 1.807) is 0 Å². The molecule has 0 aromatic rings. The van der Waals surface area contributed by atoms with Crippen LogP contribution >= 0.6 is 0 Å². The third-order valence-electron chi connectivity index (χ3n) is 2.01. The van der Waals surface area contributed by atoms with Gasteiger partial charge < -0.3 is 4.74 Å². The Hall–Kier alpha value is -0.0800. The van der Waals surface area contributed by atoms with Crippen LogP contribution in [-0.4, -0.2) is 19.4 Å². The third kappa shape index (κ3) is 1.96. The van der Waals surface area contributed by atoms with Crippen molar-refractivity contribution < 1.29 is 4.74 Å². The molecule has 0 saturated carbocycles. The molecule has 10 heavy (non-hydrogen) atoms. The summed E-state index contributed by atoms with van der Waals surface area (Å²) >= 11 is 0. The normalized spacial score (nSPS) is 28.8. The van der Waals surface area contributed by atoms with E-state index in [0.717, 1.165) is 13.2 Å². The molecule has 2 nitrogen and oxygen atoms in total. The van der Waals surface area contributed by atoms with Crippen LogP contribution in [0.3, 0.4) is 0 Å². The van der Waals surface area contributed by atoms with Crippen molar-refractivity contribution in [2.45, 2.75) is 32.9 Å². The first-order valence-corrected chi connectivity index (χ1v) is 4.19. The summed E-state index contributed by atoms with van der Waals surface area (Å²) in [5.41, 5.74) is 0. The number of hydrogen-bond acceptors (Lipinski definition) is 2. The number of hydrogen-bond donors (Lipinski definition) is 1. The van der Waals surface area contributed by atoms with Gasteiger partial charge in [-0.15, -0.1) is 0 Å². The van der Waals surface area contributed by atoms with E-state index in [1.165, 1.54) is 12.8 Å². The molecule has 1 N–H and O–H groups in total. The Morgan fingerprint density at radius 3 is 3.00 bits per heavy atom. The fraction of sp³-hybridized carbons (Fsp3) is 1.00. The molecule has 0 aromatic carbocycles. The summed E-state index contributed by atoms with van der Waals surface area (Å²) in [6, 6.07) is 0. The highest BCUT2D eigenvalue weighted by molar-refractivity contribution is 4.68. The predicted octanol–water partition coefficient (Wildman–Crippen LogP) is 1.37. The molecule has 1 rings (SSSR count). The van der Waals surface area contributed by atoms with Gasteiger partial charge >= 0.3 is 0 Å². The summed E-state index contributed by atoms with van der Waals surface area (Å²) in [7, 11) is 0. The zero-order chi connectivity index (χ0) is 7.40. The summed E-state index contributed by atoms with van der Waals surface area (Å²) < 4.78 is 5.46. The van der Waals surface area contributed by atoms with Crippen molar-refractivity contribution in [1.82, 2.24) is 5.32 Å². The number of nitrogens with one attached hydrogen (secondary N) is 1. The van der Waals surface area contributed by atoms with Crippen LogP contribution in [0.25, 0.3) is 0 Å². The van der Waals surface area contributed by atoms with E-state index in [-0.39, 0.29) is 0 Å². The molecule has 0 radical (unpaired) electrons. The summed E-state index contributed by atoms with van der Waals surface area (Å²) in [4.78, 5) is 0. The number of rotatable bonds is 3. The van der Waals surface area contributed by atoms with Gasteiger partial charge in [-0.25, -0.2) is 0 Å². The van der Waals surface area contributed by atoms with Crippen LogP contribution in [0.2, 0.25) is 0 Å². The highest BCUT2D eigenvalue weighted by atomic mass is 16.5. The van der Waals surface area contributed by atoms with E-state index in [1.807, 2.05) is 0 Å². The van der Waals surface area contributed by atoms with E-state index in [2.05, 4.69) is 19.2 Å². The summed E-state index contributed by atoms with van der Waals surface area (Å²) in [6.45, 7) is 6.37. The maximum atomic E-state index is 5.46. The van der Waals surface area contributed by atoms with Gasteiger partial charge in [0, 0.05) is 6.54 Å². The van der Waals surface area contributed by atoms with Gasteiger partial charge in [0.15, 0.2) is 0 Å². The van der Waals surface area contributed by atoms with Gasteiger partial charge in [-0.2, -0.15) is 0 Å². The smallest absolute Gasteiger partial charge is 0.110 e. The second-order valence-electron chi connectivity index (χ2n) is 3.01. The average Bonchev–Trinajstić information content (AvgIpc) is 2.38. The van der Waals surface area contributed by atoms with Crippen molar-refractivity contribution >= 4 is 0 Å². The molecule has 1 aliphatic heterocycles. The quantitative estimate of drug-likeness (QED) is 0.644. The maximum Gasteiger partial charge on any atom is 0.110 e. The van der Waals surface area contributed by atoms with Crippen molar-refractivity contribution in [2.75, 3.05) is 13.2 Å². The molecule has 2 atom stereocenters. The molecular formula is C8H17NO. The molecule has 0 amide bonds. The minimum absolute atomic E-state index is 0.333. The molecule has 1 heterocycles. The van der Waals surface area contributed by atoms with Gasteiger partial charge in [0.05, 0.1) is 6.61 Å². The minimum atomic E-state index is 0.333. The van der Waals surface area contributed by atoms with Crippen molar-refractivity contribution in [3.05, 3.63) is 0 Å². The lowest BCUT2D eigenvalue weighted by atomic mass is 10.1. The van der Waals surface area contributed by atoms with Gasteiger partial charge in [0.1, 0.15) is 6.23 Å². The van der Waals surface area contributed by atoms with Crippen LogP contribution in [-0.2, 0) is 4.74 Å². The maximum absolute atomic E-state index is 5.46. The molecule has 60 valence electrons. The molecule has 0 aromatic heterocycles. The van der Waals surface area contributed by atoms with Gasteiger partial charge in [-0.1, -0.05) is 20.3 Å². The molecule has 1 aliphatic rings. The van der Waals surface area contributed by atoms with Crippen LogP contribution in [0.4, 0.5) is 0 Å². The molecule has 0 spiro atoms. The molecule has 0 aliphatic carbocycles. The highest BCUT2D eigenvalue weighted by Crippen LogP contribution is 2.13. The first kappa shape index (κ1) is 8.02. The molecule has 1 saturated heterocycles. The van der Waals surface area contributed by atoms with Crippen LogP contribution < -0.4 is 5.32 Å². The van der Waals surface area contributed by atoms with Crippen molar-refractivity contribution in [3.8, 4) is 0 Å². The Bertz CT molecular complexity index is 89.3. The Labute approximate surface area is 63.0 Å². The SMILES string of the molecule is CCCC(C)C1NCCO1. The standard InChI is InChI=1S/C8H17NO/c1-3-4-7(2)8-9-5-6-10-8/h7-9H,3-6H2,1-2H3. The Balaban J connectivity index is 2.18. The molecule has 2 heteroatoms. The topological polar surface area (TPSA) is 21.3 Å². The first-order valence-electron chi connectivity index (χ1n) is 4.19. The lowest BCUT2D eigenvalue weighted by Gasteiger charge is -2.17. The Morgan fingerprint density at radius 1 is 1.70 bits per heavy atom. The van der Waals surface area contributed by atoms with Crippen molar-refractivity contribution in [2.24, 2.45) is 5.92 Å². The van der Waals surface area contributed by atoms with Gasteiger partial charge in [-0.05, 0) is 12.3 Å². The van der Waals surface area contributed by atoms with E-state index in [9.17, 15) is 0 Å². The molecule has 0 bridgehead atoms. The third-order valence-corrected chi connectivity index (χ3v) is 2.01. The fourth-order valence-corrected chi connectivity index (χ4v) is 1.42. The monoisotopic (exact) mass is 143 g/mol. The van der Waals surface area contributed by atoms with Gasteiger partial charge in [-0.3, -0.25) is 5.32 Å². The highest BCUT2D eigenvalue weighted by Gasteiger charge is 2.20. The van der Waals surface area contributed by atoms with Gasteiger partial charge in [0.25, 0.3) is 0 Å². The summed E-state index contributed by atoms with van der Waals surface area (Å²) in [5, 5.41) is 3.32. The predicted molar refractivity (Wildman–Crippen MR) is 41.8 cm³/mol. The van der Waals surface area contributed by atoms with Crippen molar-refractivity contribution in [3.63, 3.8) is 0 Å². The zero-order valence-corrected chi connectivity index (χ0v) is 6.89. The second-order valence-corrected chi connectivity index (χ2v) is 3.01. The largest absolute Gasteiger partial charge is 0.362 e. The molecular weight excluding hydrogens is 126 g/mol. The van der Waals surface area contributed by atoms with Gasteiger partial charge in [0.2, 0.25) is 0 Å². The van der Waals surface area contributed by atoms with E-state index >= 15 is 0 Å². The van der Waals surface area contributed by atoms with Crippen LogP contribution in [0.5, 0.6) is 0 Å². The fourth-order valence-electron chi connectivity index (χ4n) is 1.42. The molecule has 1 fully saturated rings. The summed E-state index contributed by atoms with van der Waals surface area (Å²) in [6.07, 6.45) is 2.85. The number of ether oxygens (including phenoxy) is 1. The van der Waals surface area contributed by atoms with E-state index in [4.69, 9.17) is 4.74 Å². The Morgan fingerprint density at radius 2 is 2.50 bits per heavy atom. The first-order chi connectivity index (χ1) is 4.84. The minimum Gasteiger partial charge on any atom is -0.362 e.